The quantitative estimate of drug-likeness (QED) is 0.768. The van der Waals surface area contributed by atoms with Crippen molar-refractivity contribution in [3.05, 3.63) is 54.7 Å². The van der Waals surface area contributed by atoms with Gasteiger partial charge in [-0.3, -0.25) is 0 Å². The van der Waals surface area contributed by atoms with Crippen LogP contribution in [0.15, 0.2) is 18.2 Å². The Bertz CT molecular complexity index is 600. The van der Waals surface area contributed by atoms with E-state index in [1.54, 1.807) is 6.07 Å². The van der Waals surface area contributed by atoms with E-state index in [1.807, 2.05) is 0 Å². The third-order valence-corrected chi connectivity index (χ3v) is 4.24. The van der Waals surface area contributed by atoms with E-state index in [4.69, 9.17) is 40.5 Å². The van der Waals surface area contributed by atoms with Crippen molar-refractivity contribution in [2.75, 3.05) is 0 Å². The zero-order chi connectivity index (χ0) is 13.4. The molecule has 0 saturated carbocycles. The van der Waals surface area contributed by atoms with Gasteiger partial charge < -0.3 is 5.73 Å². The fourth-order valence-corrected chi connectivity index (χ4v) is 3.33. The van der Waals surface area contributed by atoms with Crippen LogP contribution in [0.1, 0.15) is 17.2 Å². The van der Waals surface area contributed by atoms with E-state index in [1.165, 1.54) is 0 Å². The summed E-state index contributed by atoms with van der Waals surface area (Å²) in [5.74, 6) is -2.03. The molecule has 0 fully saturated rings. The predicted molar refractivity (Wildman–Crippen MR) is 71.7 cm³/mol. The summed E-state index contributed by atoms with van der Waals surface area (Å²) in [5, 5.41) is 0.0415. The summed E-state index contributed by atoms with van der Waals surface area (Å²) < 4.78 is 27.0. The average Bonchev–Trinajstić information content (AvgIpc) is 2.62. The first-order valence-electron chi connectivity index (χ1n) is 4.75. The molecule has 7 heteroatoms. The summed E-state index contributed by atoms with van der Waals surface area (Å²) >= 11 is 18.8. The van der Waals surface area contributed by atoms with Crippen molar-refractivity contribution in [3.63, 3.8) is 0 Å². The second kappa shape index (κ2) is 5.31. The highest BCUT2D eigenvalue weighted by Gasteiger charge is 2.20. The van der Waals surface area contributed by atoms with Gasteiger partial charge in [-0.05, 0) is 23.8 Å². The molecule has 0 aliphatic heterocycles. The lowest BCUT2D eigenvalue weighted by Gasteiger charge is -2.13. The Morgan fingerprint density at radius 2 is 1.61 bits per heavy atom. The Labute approximate surface area is 121 Å². The summed E-state index contributed by atoms with van der Waals surface area (Å²) in [6, 6.07) is 2.67. The van der Waals surface area contributed by atoms with Gasteiger partial charge in [0.25, 0.3) is 0 Å². The van der Waals surface area contributed by atoms with Gasteiger partial charge in [0.15, 0.2) is 11.6 Å². The molecule has 1 aromatic heterocycles. The maximum absolute atomic E-state index is 13.2. The van der Waals surface area contributed by atoms with Gasteiger partial charge in [0.2, 0.25) is 0 Å². The minimum Gasteiger partial charge on any atom is -0.320 e. The van der Waals surface area contributed by atoms with Crippen LogP contribution in [0.5, 0.6) is 0 Å². The summed E-state index contributed by atoms with van der Waals surface area (Å²) in [4.78, 5) is 0. The molecule has 1 heterocycles. The fraction of sp³-hybridized carbons (Fsp3) is 0.0909. The molecule has 2 N–H and O–H groups in total. The molecule has 1 atom stereocenters. The Morgan fingerprint density at radius 1 is 1.00 bits per heavy atom. The standard InChI is InChI=1S/C11H6Cl3F2NS/c12-6-3-8(16)7(15)1-4(6)10(17)5-2-9(13)18-11(5)14/h1-3,10H,17H2. The van der Waals surface area contributed by atoms with E-state index in [9.17, 15) is 8.78 Å². The van der Waals surface area contributed by atoms with Crippen LogP contribution in [-0.2, 0) is 0 Å². The van der Waals surface area contributed by atoms with Crippen LogP contribution in [0.2, 0.25) is 13.7 Å². The molecule has 0 spiro atoms. The molecule has 96 valence electrons. The van der Waals surface area contributed by atoms with Crippen LogP contribution < -0.4 is 5.73 Å². The molecule has 0 saturated heterocycles. The number of halogens is 5. The summed E-state index contributed by atoms with van der Waals surface area (Å²) in [5.41, 5.74) is 6.72. The van der Waals surface area contributed by atoms with E-state index in [-0.39, 0.29) is 10.6 Å². The number of nitrogens with two attached hydrogens (primary N) is 1. The lowest BCUT2D eigenvalue weighted by Crippen LogP contribution is -2.12. The van der Waals surface area contributed by atoms with E-state index in [2.05, 4.69) is 0 Å². The molecular weight excluding hydrogens is 323 g/mol. The molecule has 0 aliphatic rings. The number of rotatable bonds is 2. The molecule has 0 aliphatic carbocycles. The lowest BCUT2D eigenvalue weighted by atomic mass is 10.0. The maximum Gasteiger partial charge on any atom is 0.160 e. The predicted octanol–water partition coefficient (Wildman–Crippen LogP) is 5.03. The summed E-state index contributed by atoms with van der Waals surface area (Å²) in [6.07, 6.45) is 0. The molecular formula is C11H6Cl3F2NS. The number of thiophene rings is 1. The molecule has 2 rings (SSSR count). The molecule has 1 nitrogen and oxygen atoms in total. The van der Waals surface area contributed by atoms with Crippen molar-refractivity contribution in [1.29, 1.82) is 0 Å². The first-order valence-corrected chi connectivity index (χ1v) is 6.70. The Balaban J connectivity index is 2.49. The van der Waals surface area contributed by atoms with Gasteiger partial charge in [0.05, 0.1) is 14.7 Å². The van der Waals surface area contributed by atoms with Gasteiger partial charge in [-0.2, -0.15) is 0 Å². The number of hydrogen-bond acceptors (Lipinski definition) is 2. The van der Waals surface area contributed by atoms with Gasteiger partial charge >= 0.3 is 0 Å². The lowest BCUT2D eigenvalue weighted by molar-refractivity contribution is 0.506. The maximum atomic E-state index is 13.2. The molecule has 1 unspecified atom stereocenters. The van der Waals surface area contributed by atoms with Gasteiger partial charge in [-0.1, -0.05) is 34.8 Å². The fourth-order valence-electron chi connectivity index (χ4n) is 1.51. The van der Waals surface area contributed by atoms with Crippen LogP contribution >= 0.6 is 46.1 Å². The second-order valence-electron chi connectivity index (χ2n) is 3.55. The van der Waals surface area contributed by atoms with Crippen molar-refractivity contribution in [1.82, 2.24) is 0 Å². The summed E-state index contributed by atoms with van der Waals surface area (Å²) in [7, 11) is 0. The number of hydrogen-bond donors (Lipinski definition) is 1. The Morgan fingerprint density at radius 3 is 2.17 bits per heavy atom. The smallest absolute Gasteiger partial charge is 0.160 e. The molecule has 18 heavy (non-hydrogen) atoms. The van der Waals surface area contributed by atoms with Crippen molar-refractivity contribution in [2.24, 2.45) is 5.73 Å². The van der Waals surface area contributed by atoms with Crippen LogP contribution in [0.3, 0.4) is 0 Å². The van der Waals surface area contributed by atoms with Crippen molar-refractivity contribution >= 4 is 46.1 Å². The van der Waals surface area contributed by atoms with E-state index in [0.29, 0.717) is 14.2 Å². The second-order valence-corrected chi connectivity index (χ2v) is 6.24. The van der Waals surface area contributed by atoms with E-state index >= 15 is 0 Å². The molecule has 0 radical (unpaired) electrons. The SMILES string of the molecule is NC(c1cc(F)c(F)cc1Cl)c1cc(Cl)sc1Cl. The summed E-state index contributed by atoms with van der Waals surface area (Å²) in [6.45, 7) is 0. The van der Waals surface area contributed by atoms with Crippen LogP contribution in [0, 0.1) is 11.6 Å². The van der Waals surface area contributed by atoms with Crippen LogP contribution in [0.25, 0.3) is 0 Å². The van der Waals surface area contributed by atoms with Gasteiger partial charge in [-0.15, -0.1) is 11.3 Å². The molecule has 0 amide bonds. The monoisotopic (exact) mass is 327 g/mol. The van der Waals surface area contributed by atoms with Crippen molar-refractivity contribution in [2.45, 2.75) is 6.04 Å². The Kier molecular flexibility index (Phi) is 4.14. The largest absolute Gasteiger partial charge is 0.320 e. The number of benzene rings is 1. The zero-order valence-electron chi connectivity index (χ0n) is 8.68. The molecule has 2 aromatic rings. The third-order valence-electron chi connectivity index (χ3n) is 2.39. The first kappa shape index (κ1) is 14.0. The van der Waals surface area contributed by atoms with Gasteiger partial charge in [0, 0.05) is 10.6 Å². The highest BCUT2D eigenvalue weighted by atomic mass is 35.5. The van der Waals surface area contributed by atoms with Crippen LogP contribution in [0.4, 0.5) is 8.78 Å². The topological polar surface area (TPSA) is 26.0 Å². The van der Waals surface area contributed by atoms with E-state index in [0.717, 1.165) is 23.5 Å². The van der Waals surface area contributed by atoms with Crippen molar-refractivity contribution < 1.29 is 8.78 Å². The van der Waals surface area contributed by atoms with Gasteiger partial charge in [0.1, 0.15) is 0 Å². The first-order chi connectivity index (χ1) is 8.40. The van der Waals surface area contributed by atoms with Gasteiger partial charge in [-0.25, -0.2) is 8.78 Å². The molecule has 1 aromatic carbocycles. The minimum absolute atomic E-state index is 0.0415. The van der Waals surface area contributed by atoms with E-state index < -0.39 is 17.7 Å². The van der Waals surface area contributed by atoms with Crippen LogP contribution in [-0.4, -0.2) is 0 Å². The third kappa shape index (κ3) is 2.63. The Hall–Kier alpha value is -0.390. The normalized spacial score (nSPS) is 12.8. The highest BCUT2D eigenvalue weighted by Crippen LogP contribution is 2.38. The molecule has 0 bridgehead atoms. The zero-order valence-corrected chi connectivity index (χ0v) is 11.8. The van der Waals surface area contributed by atoms with Crippen molar-refractivity contribution in [3.8, 4) is 0 Å². The average molecular weight is 329 g/mol. The minimum atomic E-state index is -1.02. The highest BCUT2D eigenvalue weighted by molar-refractivity contribution is 7.20.